The minimum atomic E-state index is -0.205. The number of carbonyl (C=O) groups is 2. The predicted octanol–water partition coefficient (Wildman–Crippen LogP) is 4.46. The smallest absolute Gasteiger partial charge is 0.254 e. The third-order valence-corrected chi connectivity index (χ3v) is 7.55. The van der Waals surface area contributed by atoms with Gasteiger partial charge in [-0.25, -0.2) is 0 Å². The summed E-state index contributed by atoms with van der Waals surface area (Å²) in [6.45, 7) is 2.19. The zero-order valence-corrected chi connectivity index (χ0v) is 19.3. The van der Waals surface area contributed by atoms with Gasteiger partial charge < -0.3 is 14.5 Å². The lowest BCUT2D eigenvalue weighted by Crippen LogP contribution is -2.55. The highest BCUT2D eigenvalue weighted by Gasteiger charge is 2.46. The minimum Gasteiger partial charge on any atom is -0.375 e. The van der Waals surface area contributed by atoms with Crippen molar-refractivity contribution in [3.8, 4) is 0 Å². The Kier molecular flexibility index (Phi) is 6.50. The van der Waals surface area contributed by atoms with Gasteiger partial charge in [-0.1, -0.05) is 48.5 Å². The molecule has 3 fully saturated rings. The van der Waals surface area contributed by atoms with Gasteiger partial charge in [0.05, 0.1) is 5.60 Å². The lowest BCUT2D eigenvalue weighted by molar-refractivity contribution is -0.147. The number of aryl methyl sites for hydroxylation is 1. The maximum absolute atomic E-state index is 13.4. The normalized spacial score (nSPS) is 22.2. The molecule has 5 nitrogen and oxygen atoms in total. The highest BCUT2D eigenvalue weighted by atomic mass is 16.5. The molecule has 0 radical (unpaired) electrons. The van der Waals surface area contributed by atoms with E-state index in [4.69, 9.17) is 4.74 Å². The molecule has 1 atom stereocenters. The number of ether oxygens (including phenoxy) is 1. The molecule has 0 aromatic heterocycles. The third-order valence-electron chi connectivity index (χ3n) is 7.55. The van der Waals surface area contributed by atoms with E-state index >= 15 is 0 Å². The molecule has 5 rings (SSSR count). The van der Waals surface area contributed by atoms with E-state index < -0.39 is 0 Å². The topological polar surface area (TPSA) is 49.9 Å². The van der Waals surface area contributed by atoms with Crippen LogP contribution in [0.4, 0.5) is 0 Å². The van der Waals surface area contributed by atoms with Gasteiger partial charge in [0.15, 0.2) is 0 Å². The van der Waals surface area contributed by atoms with Gasteiger partial charge in [-0.05, 0) is 62.6 Å². The molecule has 2 saturated heterocycles. The van der Waals surface area contributed by atoms with Crippen LogP contribution in [0.2, 0.25) is 0 Å². The van der Waals surface area contributed by atoms with Gasteiger partial charge in [-0.2, -0.15) is 0 Å². The van der Waals surface area contributed by atoms with Crippen molar-refractivity contribution in [3.63, 3.8) is 0 Å². The molecule has 2 amide bonds. The average Bonchev–Trinajstić information content (AvgIpc) is 3.70. The summed E-state index contributed by atoms with van der Waals surface area (Å²) >= 11 is 0. The second kappa shape index (κ2) is 9.68. The summed E-state index contributed by atoms with van der Waals surface area (Å²) in [5, 5.41) is 0. The molecule has 2 aromatic carbocycles. The Morgan fingerprint density at radius 3 is 2.24 bits per heavy atom. The van der Waals surface area contributed by atoms with E-state index in [2.05, 4.69) is 17.0 Å². The molecular formula is C28H34N2O3. The standard InChI is InChI=1S/C28H34N2O3/c31-26(14-11-22-7-3-1-4-8-22)29-18-16-28(17-19-29)21-25(15-20-33-28)30(24-12-13-24)27(32)23-9-5-2-6-10-23/h1-10,24-25H,11-21H2. The van der Waals surface area contributed by atoms with E-state index in [0.29, 0.717) is 19.1 Å². The number of likely N-dealkylation sites (tertiary alicyclic amines) is 1. The number of rotatable bonds is 6. The summed E-state index contributed by atoms with van der Waals surface area (Å²) in [6, 6.07) is 20.5. The van der Waals surface area contributed by atoms with Crippen molar-refractivity contribution < 1.29 is 14.3 Å². The second-order valence-corrected chi connectivity index (χ2v) is 9.85. The van der Waals surface area contributed by atoms with Crippen LogP contribution in [0.3, 0.4) is 0 Å². The highest BCUT2D eigenvalue weighted by molar-refractivity contribution is 5.94. The molecule has 1 unspecified atom stereocenters. The fraction of sp³-hybridized carbons (Fsp3) is 0.500. The van der Waals surface area contributed by atoms with Crippen molar-refractivity contribution in [2.45, 2.75) is 69.1 Å². The molecule has 1 spiro atoms. The number of piperidine rings is 1. The van der Waals surface area contributed by atoms with Crippen LogP contribution in [-0.4, -0.2) is 59.0 Å². The highest BCUT2D eigenvalue weighted by Crippen LogP contribution is 2.40. The largest absolute Gasteiger partial charge is 0.375 e. The zero-order valence-electron chi connectivity index (χ0n) is 19.3. The molecule has 33 heavy (non-hydrogen) atoms. The summed E-state index contributed by atoms with van der Waals surface area (Å²) in [5.41, 5.74) is 1.79. The van der Waals surface area contributed by atoms with Crippen molar-refractivity contribution in [2.75, 3.05) is 19.7 Å². The van der Waals surface area contributed by atoms with Crippen molar-refractivity contribution in [1.29, 1.82) is 0 Å². The van der Waals surface area contributed by atoms with Crippen LogP contribution in [0.15, 0.2) is 60.7 Å². The first-order valence-electron chi connectivity index (χ1n) is 12.5. The lowest BCUT2D eigenvalue weighted by Gasteiger charge is -2.48. The number of hydrogen-bond donors (Lipinski definition) is 0. The van der Waals surface area contributed by atoms with Crippen LogP contribution >= 0.6 is 0 Å². The second-order valence-electron chi connectivity index (χ2n) is 9.85. The average molecular weight is 447 g/mol. The SMILES string of the molecule is O=C(CCc1ccccc1)N1CCC2(CC1)CC(N(C(=O)c1ccccc1)C1CC1)CCO2. The van der Waals surface area contributed by atoms with Crippen LogP contribution < -0.4 is 0 Å². The fourth-order valence-corrected chi connectivity index (χ4v) is 5.52. The maximum atomic E-state index is 13.4. The van der Waals surface area contributed by atoms with Gasteiger partial charge in [-0.3, -0.25) is 9.59 Å². The molecule has 0 N–H and O–H groups in total. The van der Waals surface area contributed by atoms with Crippen LogP contribution in [0.1, 0.15) is 60.9 Å². The van der Waals surface area contributed by atoms with Crippen LogP contribution in [0, 0.1) is 0 Å². The van der Waals surface area contributed by atoms with Gasteiger partial charge in [0.2, 0.25) is 5.91 Å². The van der Waals surface area contributed by atoms with E-state index in [1.54, 1.807) is 0 Å². The molecule has 2 aromatic rings. The maximum Gasteiger partial charge on any atom is 0.254 e. The van der Waals surface area contributed by atoms with E-state index in [9.17, 15) is 9.59 Å². The van der Waals surface area contributed by atoms with Crippen molar-refractivity contribution in [3.05, 3.63) is 71.8 Å². The van der Waals surface area contributed by atoms with Crippen LogP contribution in [0.25, 0.3) is 0 Å². The van der Waals surface area contributed by atoms with Crippen molar-refractivity contribution in [1.82, 2.24) is 9.80 Å². The molecule has 174 valence electrons. The third kappa shape index (κ3) is 5.14. The number of benzene rings is 2. The van der Waals surface area contributed by atoms with Gasteiger partial charge in [0.25, 0.3) is 5.91 Å². The summed E-state index contributed by atoms with van der Waals surface area (Å²) in [6.07, 6.45) is 7.06. The summed E-state index contributed by atoms with van der Waals surface area (Å²) in [5.74, 6) is 0.397. The van der Waals surface area contributed by atoms with Gasteiger partial charge in [-0.15, -0.1) is 0 Å². The van der Waals surface area contributed by atoms with Gasteiger partial charge >= 0.3 is 0 Å². The molecule has 3 aliphatic rings. The zero-order chi connectivity index (χ0) is 22.7. The Labute approximate surface area is 196 Å². The Balaban J connectivity index is 1.19. The molecule has 0 bridgehead atoms. The minimum absolute atomic E-state index is 0.161. The van der Waals surface area contributed by atoms with Crippen LogP contribution in [-0.2, 0) is 16.0 Å². The van der Waals surface area contributed by atoms with E-state index in [0.717, 1.165) is 63.6 Å². The lowest BCUT2D eigenvalue weighted by atomic mass is 9.81. The number of hydrogen-bond acceptors (Lipinski definition) is 3. The Hall–Kier alpha value is -2.66. The number of amides is 2. The molecule has 5 heteroatoms. The number of carbonyl (C=O) groups excluding carboxylic acids is 2. The summed E-state index contributed by atoms with van der Waals surface area (Å²) in [4.78, 5) is 30.3. The Morgan fingerprint density at radius 1 is 0.909 bits per heavy atom. The molecule has 2 heterocycles. The first-order chi connectivity index (χ1) is 16.1. The Bertz CT molecular complexity index is 950. The summed E-state index contributed by atoms with van der Waals surface area (Å²) < 4.78 is 6.35. The Morgan fingerprint density at radius 2 is 1.58 bits per heavy atom. The molecule has 1 aliphatic carbocycles. The fourth-order valence-electron chi connectivity index (χ4n) is 5.52. The number of nitrogens with zero attached hydrogens (tertiary/aromatic N) is 2. The van der Waals surface area contributed by atoms with Crippen molar-refractivity contribution >= 4 is 11.8 Å². The van der Waals surface area contributed by atoms with Crippen molar-refractivity contribution in [2.24, 2.45) is 0 Å². The van der Waals surface area contributed by atoms with E-state index in [1.807, 2.05) is 53.4 Å². The van der Waals surface area contributed by atoms with E-state index in [-0.39, 0.29) is 23.5 Å². The van der Waals surface area contributed by atoms with E-state index in [1.165, 1.54) is 5.56 Å². The predicted molar refractivity (Wildman–Crippen MR) is 128 cm³/mol. The van der Waals surface area contributed by atoms with Gasteiger partial charge in [0.1, 0.15) is 0 Å². The first-order valence-corrected chi connectivity index (χ1v) is 12.5. The first kappa shape index (κ1) is 22.1. The van der Waals surface area contributed by atoms with Gasteiger partial charge in [0, 0.05) is 43.8 Å². The molecular weight excluding hydrogens is 412 g/mol. The quantitative estimate of drug-likeness (QED) is 0.658. The summed E-state index contributed by atoms with van der Waals surface area (Å²) in [7, 11) is 0. The molecule has 2 aliphatic heterocycles. The molecule has 1 saturated carbocycles. The van der Waals surface area contributed by atoms with Crippen LogP contribution in [0.5, 0.6) is 0 Å². The monoisotopic (exact) mass is 446 g/mol.